The first kappa shape index (κ1) is 18.5. The Morgan fingerprint density at radius 3 is 2.61 bits per heavy atom. The molecule has 0 aliphatic carbocycles. The molecule has 2 aliphatic rings. The Hall–Kier alpha value is -2.86. The molecule has 4 rings (SSSR count). The number of rotatable bonds is 4. The first-order valence-electron chi connectivity index (χ1n) is 9.70. The molecule has 2 heterocycles. The molecule has 0 saturated carbocycles. The summed E-state index contributed by atoms with van der Waals surface area (Å²) in [5.74, 6) is 0.317. The van der Waals surface area contributed by atoms with Gasteiger partial charge in [-0.05, 0) is 24.1 Å². The van der Waals surface area contributed by atoms with Crippen molar-refractivity contribution in [2.75, 3.05) is 24.5 Å². The van der Waals surface area contributed by atoms with Crippen LogP contribution in [0.25, 0.3) is 0 Å². The fourth-order valence-electron chi connectivity index (χ4n) is 3.90. The number of ether oxygens (including phenoxy) is 1. The van der Waals surface area contributed by atoms with E-state index in [-0.39, 0.29) is 24.4 Å². The van der Waals surface area contributed by atoms with Gasteiger partial charge in [-0.1, -0.05) is 42.5 Å². The largest absolute Gasteiger partial charge is 0.477 e. The van der Waals surface area contributed by atoms with Crippen molar-refractivity contribution in [3.05, 3.63) is 60.2 Å². The molecular weight excluding hydrogens is 354 g/mol. The molecule has 0 unspecified atom stereocenters. The molecule has 2 aromatic rings. The number of nitrogens with one attached hydrogen (secondary N) is 1. The van der Waals surface area contributed by atoms with Crippen LogP contribution in [0.1, 0.15) is 18.9 Å². The lowest BCUT2D eigenvalue weighted by atomic mass is 10.1. The summed E-state index contributed by atoms with van der Waals surface area (Å²) >= 11 is 0. The average molecular weight is 379 g/mol. The van der Waals surface area contributed by atoms with Gasteiger partial charge in [0.25, 0.3) is 5.91 Å². The van der Waals surface area contributed by atoms with Crippen LogP contribution in [0.15, 0.2) is 54.6 Å². The molecular formula is C22H25N3O3. The van der Waals surface area contributed by atoms with Crippen molar-refractivity contribution in [1.29, 1.82) is 0 Å². The molecule has 2 atom stereocenters. The predicted octanol–water partition coefficient (Wildman–Crippen LogP) is 2.19. The van der Waals surface area contributed by atoms with Crippen molar-refractivity contribution < 1.29 is 14.3 Å². The zero-order valence-corrected chi connectivity index (χ0v) is 16.0. The van der Waals surface area contributed by atoms with Gasteiger partial charge in [0.2, 0.25) is 5.91 Å². The maximum Gasteiger partial charge on any atom is 0.263 e. The number of hydrogen-bond acceptors (Lipinski definition) is 4. The van der Waals surface area contributed by atoms with Gasteiger partial charge in [0.1, 0.15) is 5.75 Å². The van der Waals surface area contributed by atoms with Crippen molar-refractivity contribution in [2.24, 2.45) is 0 Å². The van der Waals surface area contributed by atoms with E-state index in [0.717, 1.165) is 26.1 Å². The molecule has 2 amide bonds. The number of carbonyl (C=O) groups excluding carboxylic acids is 2. The third-order valence-corrected chi connectivity index (χ3v) is 5.31. The summed E-state index contributed by atoms with van der Waals surface area (Å²) in [5.41, 5.74) is 1.99. The van der Waals surface area contributed by atoms with Gasteiger partial charge in [0, 0.05) is 32.6 Å². The van der Waals surface area contributed by atoms with Crippen molar-refractivity contribution in [1.82, 2.24) is 10.2 Å². The van der Waals surface area contributed by atoms with E-state index >= 15 is 0 Å². The lowest BCUT2D eigenvalue weighted by Gasteiger charge is -2.34. The molecule has 1 saturated heterocycles. The average Bonchev–Trinajstić information content (AvgIpc) is 3.14. The molecule has 28 heavy (non-hydrogen) atoms. The summed E-state index contributed by atoms with van der Waals surface area (Å²) in [7, 11) is 0. The molecule has 0 bridgehead atoms. The topological polar surface area (TPSA) is 61.9 Å². The standard InChI is InChI=1S/C22H25N3O3/c1-16(26)25-15-21(28-20-10-6-5-9-19(20)25)22(27)23-18-11-12-24(14-18)13-17-7-3-2-4-8-17/h2-10,18,21H,11-15H2,1H3,(H,23,27)/t18-,21-/m1/s1. The molecule has 2 aromatic carbocycles. The number of likely N-dealkylation sites (tertiary alicyclic amines) is 1. The van der Waals surface area contributed by atoms with E-state index in [1.165, 1.54) is 12.5 Å². The smallest absolute Gasteiger partial charge is 0.263 e. The summed E-state index contributed by atoms with van der Waals surface area (Å²) in [6.07, 6.45) is 0.222. The van der Waals surface area contributed by atoms with Crippen molar-refractivity contribution >= 4 is 17.5 Å². The Kier molecular flexibility index (Phi) is 5.30. The third kappa shape index (κ3) is 4.02. The Balaban J connectivity index is 1.36. The molecule has 1 fully saturated rings. The summed E-state index contributed by atoms with van der Waals surface area (Å²) in [5, 5.41) is 3.11. The van der Waals surface area contributed by atoms with E-state index in [1.54, 1.807) is 11.0 Å². The molecule has 146 valence electrons. The van der Waals surface area contributed by atoms with Crippen LogP contribution < -0.4 is 15.0 Å². The van der Waals surface area contributed by atoms with Crippen LogP contribution in [0.2, 0.25) is 0 Å². The maximum absolute atomic E-state index is 12.8. The van der Waals surface area contributed by atoms with Gasteiger partial charge in [-0.2, -0.15) is 0 Å². The molecule has 0 spiro atoms. The molecule has 2 aliphatic heterocycles. The van der Waals surface area contributed by atoms with Gasteiger partial charge < -0.3 is 15.0 Å². The highest BCUT2D eigenvalue weighted by atomic mass is 16.5. The van der Waals surface area contributed by atoms with Gasteiger partial charge in [-0.3, -0.25) is 14.5 Å². The minimum atomic E-state index is -0.693. The van der Waals surface area contributed by atoms with Crippen LogP contribution in [0.4, 0.5) is 5.69 Å². The second-order valence-corrected chi connectivity index (χ2v) is 7.42. The number of amides is 2. The Morgan fingerprint density at radius 2 is 1.82 bits per heavy atom. The highest BCUT2D eigenvalue weighted by molar-refractivity contribution is 5.95. The molecule has 0 radical (unpaired) electrons. The zero-order valence-electron chi connectivity index (χ0n) is 16.0. The van der Waals surface area contributed by atoms with E-state index in [9.17, 15) is 9.59 Å². The van der Waals surface area contributed by atoms with E-state index in [4.69, 9.17) is 4.74 Å². The van der Waals surface area contributed by atoms with Gasteiger partial charge in [-0.25, -0.2) is 0 Å². The first-order chi connectivity index (χ1) is 13.6. The quantitative estimate of drug-likeness (QED) is 0.885. The van der Waals surface area contributed by atoms with E-state index < -0.39 is 6.10 Å². The normalized spacial score (nSPS) is 21.7. The number of carbonyl (C=O) groups is 2. The Morgan fingerprint density at radius 1 is 1.07 bits per heavy atom. The molecule has 1 N–H and O–H groups in total. The summed E-state index contributed by atoms with van der Waals surface area (Å²) in [6.45, 7) is 4.40. The van der Waals surface area contributed by atoms with Crippen molar-refractivity contribution in [2.45, 2.75) is 32.0 Å². The monoisotopic (exact) mass is 379 g/mol. The number of anilines is 1. The number of nitrogens with zero attached hydrogens (tertiary/aromatic N) is 2. The number of benzene rings is 2. The third-order valence-electron chi connectivity index (χ3n) is 5.31. The second kappa shape index (κ2) is 8.02. The van der Waals surface area contributed by atoms with E-state index in [1.807, 2.05) is 36.4 Å². The lowest BCUT2D eigenvalue weighted by molar-refractivity contribution is -0.128. The zero-order chi connectivity index (χ0) is 19.5. The van der Waals surface area contributed by atoms with E-state index in [2.05, 4.69) is 22.3 Å². The Labute approximate surface area is 165 Å². The van der Waals surface area contributed by atoms with Crippen LogP contribution in [0, 0.1) is 0 Å². The van der Waals surface area contributed by atoms with Crippen LogP contribution in [-0.2, 0) is 16.1 Å². The number of para-hydroxylation sites is 2. The molecule has 6 heteroatoms. The fourth-order valence-corrected chi connectivity index (χ4v) is 3.90. The predicted molar refractivity (Wildman–Crippen MR) is 107 cm³/mol. The van der Waals surface area contributed by atoms with Gasteiger partial charge in [0.15, 0.2) is 6.10 Å². The highest BCUT2D eigenvalue weighted by Gasteiger charge is 2.34. The lowest BCUT2D eigenvalue weighted by Crippen LogP contribution is -2.52. The molecule has 0 aromatic heterocycles. The summed E-state index contributed by atoms with van der Waals surface area (Å²) in [4.78, 5) is 28.8. The van der Waals surface area contributed by atoms with Crippen molar-refractivity contribution in [3.63, 3.8) is 0 Å². The minimum Gasteiger partial charge on any atom is -0.477 e. The SMILES string of the molecule is CC(=O)N1C[C@H](C(=O)N[C@@H]2CCN(Cc3ccccc3)C2)Oc2ccccc21. The highest BCUT2D eigenvalue weighted by Crippen LogP contribution is 2.33. The fraction of sp³-hybridized carbons (Fsp3) is 0.364. The van der Waals surface area contributed by atoms with E-state index in [0.29, 0.717) is 11.4 Å². The number of hydrogen-bond donors (Lipinski definition) is 1. The first-order valence-corrected chi connectivity index (χ1v) is 9.70. The van der Waals surface area contributed by atoms with Crippen LogP contribution in [-0.4, -0.2) is 48.5 Å². The molecule has 6 nitrogen and oxygen atoms in total. The van der Waals surface area contributed by atoms with Gasteiger partial charge >= 0.3 is 0 Å². The van der Waals surface area contributed by atoms with Gasteiger partial charge in [-0.15, -0.1) is 0 Å². The van der Waals surface area contributed by atoms with Crippen LogP contribution >= 0.6 is 0 Å². The summed E-state index contributed by atoms with van der Waals surface area (Å²) < 4.78 is 5.89. The Bertz CT molecular complexity index is 855. The van der Waals surface area contributed by atoms with Crippen LogP contribution in [0.3, 0.4) is 0 Å². The van der Waals surface area contributed by atoms with Gasteiger partial charge in [0.05, 0.1) is 12.2 Å². The number of fused-ring (bicyclic) bond motifs is 1. The van der Waals surface area contributed by atoms with Crippen molar-refractivity contribution in [3.8, 4) is 5.75 Å². The van der Waals surface area contributed by atoms with Crippen LogP contribution in [0.5, 0.6) is 5.75 Å². The summed E-state index contributed by atoms with van der Waals surface area (Å²) in [6, 6.07) is 17.8. The maximum atomic E-state index is 12.8. The second-order valence-electron chi connectivity index (χ2n) is 7.42. The minimum absolute atomic E-state index is 0.0940.